The maximum atomic E-state index is 12.7. The van der Waals surface area contributed by atoms with Gasteiger partial charge in [0.15, 0.2) is 12.4 Å². The molecule has 1 aliphatic rings. The Labute approximate surface area is 322 Å². The van der Waals surface area contributed by atoms with Crippen LogP contribution in [-0.2, 0) is 28.5 Å². The van der Waals surface area contributed by atoms with Crippen LogP contribution >= 0.6 is 0 Å². The van der Waals surface area contributed by atoms with Crippen LogP contribution in [0.15, 0.2) is 12.2 Å². The highest BCUT2D eigenvalue weighted by atomic mass is 16.7. The van der Waals surface area contributed by atoms with Crippen LogP contribution in [-0.4, -0.2) is 89.0 Å². The second-order valence-electron chi connectivity index (χ2n) is 15.2. The first-order valence-electron chi connectivity index (χ1n) is 21.8. The van der Waals surface area contributed by atoms with Crippen molar-refractivity contribution in [3.8, 4) is 0 Å². The minimum Gasteiger partial charge on any atom is -0.462 e. The van der Waals surface area contributed by atoms with Gasteiger partial charge in [-0.3, -0.25) is 9.59 Å². The standard InChI is InChI=1S/C43H80O10/c1-3-5-7-9-11-13-15-17-18-20-22-24-26-28-30-32-39(46)52-36(35-51-43-42(49)41(48)40(47)37(33-44)53-43)34-50-38(45)31-29-27-25-23-21-19-16-14-12-10-8-6-4-2/h17-18,36-37,40-44,47-49H,3-16,19-35H2,1-2H3/b18-17-/t36-,37+,40-,41-,42+,43-/m0/s1. The van der Waals surface area contributed by atoms with E-state index in [2.05, 4.69) is 26.0 Å². The van der Waals surface area contributed by atoms with E-state index in [4.69, 9.17) is 18.9 Å². The molecule has 1 aliphatic heterocycles. The topological polar surface area (TPSA) is 152 Å². The molecule has 0 radical (unpaired) electrons. The quantitative estimate of drug-likeness (QED) is 0.0277. The van der Waals surface area contributed by atoms with Gasteiger partial charge in [0, 0.05) is 12.8 Å². The summed E-state index contributed by atoms with van der Waals surface area (Å²) in [6, 6.07) is 0. The average Bonchev–Trinajstić information content (AvgIpc) is 3.15. The summed E-state index contributed by atoms with van der Waals surface area (Å²) in [5.74, 6) is -0.809. The highest BCUT2D eigenvalue weighted by molar-refractivity contribution is 5.70. The van der Waals surface area contributed by atoms with Crippen LogP contribution in [0.1, 0.15) is 194 Å². The van der Waals surface area contributed by atoms with E-state index in [-0.39, 0.29) is 32.0 Å². The number of esters is 2. The van der Waals surface area contributed by atoms with Crippen molar-refractivity contribution in [3.63, 3.8) is 0 Å². The normalized spacial score (nSPS) is 20.9. The van der Waals surface area contributed by atoms with Crippen LogP contribution in [0.3, 0.4) is 0 Å². The van der Waals surface area contributed by atoms with Crippen LogP contribution in [0.2, 0.25) is 0 Å². The molecule has 1 saturated heterocycles. The van der Waals surface area contributed by atoms with Crippen molar-refractivity contribution >= 4 is 11.9 Å². The molecule has 0 aromatic heterocycles. The summed E-state index contributed by atoms with van der Waals surface area (Å²) in [6.45, 7) is 3.41. The summed E-state index contributed by atoms with van der Waals surface area (Å²) in [5.41, 5.74) is 0. The Morgan fingerprint density at radius 2 is 1.00 bits per heavy atom. The fraction of sp³-hybridized carbons (Fsp3) is 0.907. The molecule has 0 aliphatic carbocycles. The van der Waals surface area contributed by atoms with Crippen molar-refractivity contribution in [2.75, 3.05) is 19.8 Å². The number of aliphatic hydroxyl groups is 4. The number of allylic oxidation sites excluding steroid dienone is 2. The second kappa shape index (κ2) is 34.9. The molecule has 0 saturated carbocycles. The molecular weight excluding hydrogens is 676 g/mol. The van der Waals surface area contributed by atoms with E-state index in [1.54, 1.807) is 0 Å². The molecule has 0 aromatic rings. The van der Waals surface area contributed by atoms with Gasteiger partial charge < -0.3 is 39.4 Å². The maximum Gasteiger partial charge on any atom is 0.306 e. The molecule has 1 rings (SSSR count). The molecule has 0 bridgehead atoms. The van der Waals surface area contributed by atoms with E-state index in [1.807, 2.05) is 0 Å². The molecular formula is C43H80O10. The number of hydrogen-bond acceptors (Lipinski definition) is 10. The first-order valence-corrected chi connectivity index (χ1v) is 21.8. The molecule has 10 nitrogen and oxygen atoms in total. The minimum absolute atomic E-state index is 0.215. The monoisotopic (exact) mass is 757 g/mol. The summed E-state index contributed by atoms with van der Waals surface area (Å²) in [5, 5.41) is 40.0. The lowest BCUT2D eigenvalue weighted by Gasteiger charge is -2.39. The van der Waals surface area contributed by atoms with Crippen molar-refractivity contribution in [1.82, 2.24) is 0 Å². The number of aliphatic hydroxyl groups excluding tert-OH is 4. The van der Waals surface area contributed by atoms with Crippen LogP contribution < -0.4 is 0 Å². The van der Waals surface area contributed by atoms with E-state index >= 15 is 0 Å². The lowest BCUT2D eigenvalue weighted by molar-refractivity contribution is -0.305. The van der Waals surface area contributed by atoms with E-state index in [9.17, 15) is 30.0 Å². The SMILES string of the molecule is CCCCCCCC/C=C\CCCCCCCC(=O)O[C@@H](COC(=O)CCCCCCCCCCCCCCC)CO[C@H]1O[C@H](CO)[C@H](O)[C@H](O)[C@H]1O. The predicted molar refractivity (Wildman–Crippen MR) is 210 cm³/mol. The van der Waals surface area contributed by atoms with Gasteiger partial charge in [0.1, 0.15) is 31.0 Å². The molecule has 53 heavy (non-hydrogen) atoms. The van der Waals surface area contributed by atoms with Crippen LogP contribution in [0.5, 0.6) is 0 Å². The molecule has 1 heterocycles. The van der Waals surface area contributed by atoms with Gasteiger partial charge in [-0.2, -0.15) is 0 Å². The molecule has 10 heteroatoms. The smallest absolute Gasteiger partial charge is 0.306 e. The van der Waals surface area contributed by atoms with Gasteiger partial charge in [0.05, 0.1) is 13.2 Å². The Morgan fingerprint density at radius 3 is 1.47 bits per heavy atom. The zero-order valence-corrected chi connectivity index (χ0v) is 33.8. The molecule has 6 atom stereocenters. The van der Waals surface area contributed by atoms with Crippen molar-refractivity contribution in [2.45, 2.75) is 230 Å². The lowest BCUT2D eigenvalue weighted by Crippen LogP contribution is -2.59. The van der Waals surface area contributed by atoms with Crippen molar-refractivity contribution in [2.24, 2.45) is 0 Å². The fourth-order valence-electron chi connectivity index (χ4n) is 6.65. The zero-order valence-electron chi connectivity index (χ0n) is 33.8. The minimum atomic E-state index is -1.59. The van der Waals surface area contributed by atoms with Gasteiger partial charge in [0.25, 0.3) is 0 Å². The molecule has 4 N–H and O–H groups in total. The summed E-state index contributed by atoms with van der Waals surface area (Å²) in [4.78, 5) is 25.3. The van der Waals surface area contributed by atoms with Crippen molar-refractivity contribution < 1.29 is 49.0 Å². The highest BCUT2D eigenvalue weighted by Gasteiger charge is 2.44. The van der Waals surface area contributed by atoms with E-state index in [0.717, 1.165) is 51.4 Å². The third-order valence-electron chi connectivity index (χ3n) is 10.2. The van der Waals surface area contributed by atoms with E-state index in [1.165, 1.54) is 109 Å². The van der Waals surface area contributed by atoms with Crippen LogP contribution in [0.25, 0.3) is 0 Å². The molecule has 0 unspecified atom stereocenters. The lowest BCUT2D eigenvalue weighted by atomic mass is 9.99. The van der Waals surface area contributed by atoms with Gasteiger partial charge in [0.2, 0.25) is 0 Å². The number of carbonyl (C=O) groups excluding carboxylic acids is 2. The van der Waals surface area contributed by atoms with Gasteiger partial charge in [-0.1, -0.05) is 154 Å². The molecule has 0 amide bonds. The fourth-order valence-corrected chi connectivity index (χ4v) is 6.65. The molecule has 0 aromatic carbocycles. The van der Waals surface area contributed by atoms with Crippen LogP contribution in [0.4, 0.5) is 0 Å². The van der Waals surface area contributed by atoms with Gasteiger partial charge in [-0.25, -0.2) is 0 Å². The summed E-state index contributed by atoms with van der Waals surface area (Å²) >= 11 is 0. The van der Waals surface area contributed by atoms with Crippen LogP contribution in [0, 0.1) is 0 Å². The molecule has 1 fully saturated rings. The third-order valence-corrected chi connectivity index (χ3v) is 10.2. The summed E-state index contributed by atoms with van der Waals surface area (Å²) in [7, 11) is 0. The maximum absolute atomic E-state index is 12.7. The second-order valence-corrected chi connectivity index (χ2v) is 15.2. The third kappa shape index (κ3) is 26.8. The first-order chi connectivity index (χ1) is 25.8. The number of hydrogen-bond donors (Lipinski definition) is 4. The molecule has 312 valence electrons. The summed E-state index contributed by atoms with van der Waals surface area (Å²) < 4.78 is 22.1. The zero-order chi connectivity index (χ0) is 38.8. The van der Waals surface area contributed by atoms with E-state index in [0.29, 0.717) is 6.42 Å². The Morgan fingerprint density at radius 1 is 0.566 bits per heavy atom. The predicted octanol–water partition coefficient (Wildman–Crippen LogP) is 8.78. The van der Waals surface area contributed by atoms with E-state index < -0.39 is 49.4 Å². The number of rotatable bonds is 36. The van der Waals surface area contributed by atoms with Gasteiger partial charge in [-0.15, -0.1) is 0 Å². The average molecular weight is 757 g/mol. The Kier molecular flexibility index (Phi) is 32.6. The Bertz CT molecular complexity index is 881. The van der Waals surface area contributed by atoms with Crippen molar-refractivity contribution in [3.05, 3.63) is 12.2 Å². The number of ether oxygens (including phenoxy) is 4. The number of unbranched alkanes of at least 4 members (excludes halogenated alkanes) is 23. The highest BCUT2D eigenvalue weighted by Crippen LogP contribution is 2.23. The largest absolute Gasteiger partial charge is 0.462 e. The van der Waals surface area contributed by atoms with Gasteiger partial charge in [-0.05, 0) is 38.5 Å². The first kappa shape index (κ1) is 49.5. The Balaban J connectivity index is 2.35. The van der Waals surface area contributed by atoms with Crippen molar-refractivity contribution in [1.29, 1.82) is 0 Å². The summed E-state index contributed by atoms with van der Waals surface area (Å²) in [6.07, 6.45) is 27.9. The van der Waals surface area contributed by atoms with Gasteiger partial charge >= 0.3 is 11.9 Å². The Hall–Kier alpha value is -1.56. The number of carbonyl (C=O) groups is 2. The molecule has 0 spiro atoms.